The average Bonchev–Trinajstić information content (AvgIpc) is 1.65. The van der Waals surface area contributed by atoms with Crippen molar-refractivity contribution in [2.45, 2.75) is 6.10 Å². The Hall–Kier alpha value is 0.594. The fourth-order valence-corrected chi connectivity index (χ4v) is 0.0577. The molecule has 0 bridgehead atoms. The fourth-order valence-electron chi connectivity index (χ4n) is 0.0577. The molecule has 0 atom stereocenters. The van der Waals surface area contributed by atoms with Gasteiger partial charge < -0.3 is 15.3 Å². The minimum Gasteiger partial charge on any atom is -0.394 e. The van der Waals surface area contributed by atoms with Crippen LogP contribution in [0.4, 0.5) is 0 Å². The molecule has 0 aromatic heterocycles. The molecule has 0 amide bonds. The number of aliphatic hydroxyl groups is 3. The third-order valence-corrected chi connectivity index (χ3v) is 0.421. The molecule has 0 saturated carbocycles. The number of aliphatic hydroxyl groups excluding tert-OH is 3. The Balaban J connectivity index is 0. The number of hydrogen-bond donors (Lipinski definition) is 3. The Morgan fingerprint density at radius 3 is 1.43 bits per heavy atom. The van der Waals surface area contributed by atoms with Gasteiger partial charge in [0.1, 0.15) is 6.10 Å². The normalized spacial score (nSPS) is 8.57. The molecule has 4 heteroatoms. The van der Waals surface area contributed by atoms with E-state index < -0.39 is 6.10 Å². The van der Waals surface area contributed by atoms with Gasteiger partial charge in [0.15, 0.2) is 0 Å². The minimum atomic E-state index is -0.954. The monoisotopic (exact) mass is 140 g/mol. The van der Waals surface area contributed by atoms with Crippen LogP contribution < -0.4 is 0 Å². The Bertz CT molecular complexity index is 29.4. The molecule has 0 spiro atoms. The molecule has 3 N–H and O–H groups in total. The van der Waals surface area contributed by atoms with Gasteiger partial charge in [0.25, 0.3) is 0 Å². The zero-order valence-corrected chi connectivity index (χ0v) is 5.39. The molecule has 3 nitrogen and oxygen atoms in total. The Kier molecular flexibility index (Phi) is 9.94. The molecule has 0 fully saturated rings. The summed E-state index contributed by atoms with van der Waals surface area (Å²) in [6, 6.07) is 0. The van der Waals surface area contributed by atoms with Gasteiger partial charge in [0.2, 0.25) is 0 Å². The van der Waals surface area contributed by atoms with Crippen LogP contribution >= 0.6 is 0 Å². The summed E-state index contributed by atoms with van der Waals surface area (Å²) < 4.78 is 0. The third-order valence-electron chi connectivity index (χ3n) is 0.421. The van der Waals surface area contributed by atoms with Gasteiger partial charge in [-0.3, -0.25) is 0 Å². The summed E-state index contributed by atoms with van der Waals surface area (Å²) in [6.07, 6.45) is -0.954. The van der Waals surface area contributed by atoms with E-state index in [-0.39, 0.29) is 34.9 Å². The van der Waals surface area contributed by atoms with Crippen LogP contribution in [0, 0.1) is 0 Å². The summed E-state index contributed by atoms with van der Waals surface area (Å²) in [5.41, 5.74) is 0. The molecule has 0 aliphatic rings. The molecule has 0 rings (SSSR count). The van der Waals surface area contributed by atoms with Crippen LogP contribution in [0.3, 0.4) is 0 Å². The van der Waals surface area contributed by atoms with Crippen LogP contribution in [0.15, 0.2) is 0 Å². The van der Waals surface area contributed by atoms with Gasteiger partial charge in [-0.25, -0.2) is 0 Å². The van der Waals surface area contributed by atoms with Gasteiger partial charge in [-0.1, -0.05) is 0 Å². The summed E-state index contributed by atoms with van der Waals surface area (Å²) in [6.45, 7) is -0.729. The minimum absolute atomic E-state index is 0. The van der Waals surface area contributed by atoms with Crippen molar-refractivity contribution in [2.75, 3.05) is 13.2 Å². The molecule has 7 heavy (non-hydrogen) atoms. The zero-order chi connectivity index (χ0) is 4.99. The smallest absolute Gasteiger partial charge is 0.100 e. The van der Waals surface area contributed by atoms with Crippen molar-refractivity contribution in [1.82, 2.24) is 0 Å². The quantitative estimate of drug-likeness (QED) is 0.402. The maximum Gasteiger partial charge on any atom is 0.100 e. The summed E-state index contributed by atoms with van der Waals surface area (Å²) in [5, 5.41) is 24.0. The van der Waals surface area contributed by atoms with Gasteiger partial charge in [0, 0.05) is 21.7 Å². The first-order valence-electron chi connectivity index (χ1n) is 1.71. The second-order valence-electron chi connectivity index (χ2n) is 1.02. The molecule has 0 aromatic carbocycles. The van der Waals surface area contributed by atoms with E-state index in [0.717, 1.165) is 0 Å². The molecule has 0 aliphatic carbocycles. The molecule has 0 heterocycles. The van der Waals surface area contributed by atoms with Crippen molar-refractivity contribution < 1.29 is 37.0 Å². The second kappa shape index (κ2) is 6.59. The molecular weight excluding hydrogens is 132 g/mol. The average molecular weight is 140 g/mol. The Morgan fingerprint density at radius 2 is 1.43 bits per heavy atom. The van der Waals surface area contributed by atoms with Gasteiger partial charge in [-0.15, -0.1) is 0 Å². The standard InChI is InChI=1S/C3H8O3.Ti/c4-1-3(6)2-5;/h3-6H,1-2H2;. The van der Waals surface area contributed by atoms with Crippen molar-refractivity contribution in [1.29, 1.82) is 0 Å². The molecule has 42 valence electrons. The Labute approximate surface area is 56.9 Å². The first-order valence-corrected chi connectivity index (χ1v) is 1.71. The van der Waals surface area contributed by atoms with E-state index in [2.05, 4.69) is 0 Å². The number of rotatable bonds is 2. The first kappa shape index (κ1) is 10.6. The topological polar surface area (TPSA) is 60.7 Å². The van der Waals surface area contributed by atoms with Crippen molar-refractivity contribution in [2.24, 2.45) is 0 Å². The summed E-state index contributed by atoms with van der Waals surface area (Å²) >= 11 is 0. The molecular formula is C3H8O3Ti. The van der Waals surface area contributed by atoms with Crippen LogP contribution in [0.2, 0.25) is 0 Å². The van der Waals surface area contributed by atoms with Crippen LogP contribution in [-0.2, 0) is 21.7 Å². The summed E-state index contributed by atoms with van der Waals surface area (Å²) in [5.74, 6) is 0. The SMILES string of the molecule is OCC(O)CO.[Ti]. The second-order valence-corrected chi connectivity index (χ2v) is 1.02. The fraction of sp³-hybridized carbons (Fsp3) is 1.00. The molecule has 0 aromatic rings. The van der Waals surface area contributed by atoms with Crippen molar-refractivity contribution in [3.05, 3.63) is 0 Å². The maximum atomic E-state index is 8.17. The van der Waals surface area contributed by atoms with E-state index in [1.165, 1.54) is 0 Å². The maximum absolute atomic E-state index is 8.17. The zero-order valence-electron chi connectivity index (χ0n) is 3.83. The predicted octanol–water partition coefficient (Wildman–Crippen LogP) is -1.67. The van der Waals surface area contributed by atoms with Gasteiger partial charge in [-0.2, -0.15) is 0 Å². The summed E-state index contributed by atoms with van der Waals surface area (Å²) in [4.78, 5) is 0. The van der Waals surface area contributed by atoms with Crippen molar-refractivity contribution >= 4 is 0 Å². The van der Waals surface area contributed by atoms with Crippen LogP contribution in [-0.4, -0.2) is 34.6 Å². The predicted molar refractivity (Wildman–Crippen MR) is 20.2 cm³/mol. The first-order chi connectivity index (χ1) is 2.81. The van der Waals surface area contributed by atoms with Gasteiger partial charge >= 0.3 is 0 Å². The van der Waals surface area contributed by atoms with Crippen molar-refractivity contribution in [3.63, 3.8) is 0 Å². The molecule has 0 unspecified atom stereocenters. The Morgan fingerprint density at radius 1 is 1.14 bits per heavy atom. The molecule has 0 saturated heterocycles. The van der Waals surface area contributed by atoms with E-state index in [1.54, 1.807) is 0 Å². The van der Waals surface area contributed by atoms with Crippen LogP contribution in [0.25, 0.3) is 0 Å². The van der Waals surface area contributed by atoms with Crippen LogP contribution in [0.5, 0.6) is 0 Å². The van der Waals surface area contributed by atoms with E-state index in [1.807, 2.05) is 0 Å². The molecule has 0 aliphatic heterocycles. The molecule has 0 radical (unpaired) electrons. The van der Waals surface area contributed by atoms with Crippen molar-refractivity contribution in [3.8, 4) is 0 Å². The van der Waals surface area contributed by atoms with Crippen LogP contribution in [0.1, 0.15) is 0 Å². The third kappa shape index (κ3) is 6.59. The van der Waals surface area contributed by atoms with E-state index in [9.17, 15) is 0 Å². The van der Waals surface area contributed by atoms with Gasteiger partial charge in [-0.05, 0) is 0 Å². The van der Waals surface area contributed by atoms with E-state index in [4.69, 9.17) is 15.3 Å². The largest absolute Gasteiger partial charge is 0.394 e. The number of hydrogen-bond acceptors (Lipinski definition) is 3. The van der Waals surface area contributed by atoms with Gasteiger partial charge in [0.05, 0.1) is 13.2 Å². The van der Waals surface area contributed by atoms with E-state index in [0.29, 0.717) is 0 Å². The summed E-state index contributed by atoms with van der Waals surface area (Å²) in [7, 11) is 0. The van der Waals surface area contributed by atoms with E-state index >= 15 is 0 Å².